The Labute approximate surface area is 177 Å². The molecule has 1 aliphatic carbocycles. The number of hydrogen-bond acceptors (Lipinski definition) is 3. The molecule has 0 amide bonds. The standard InChI is InChI=1S/C24H30F2N4/c1-3-24(13-11-21(12-14-24)29-22-6-4-5-19(26)15-22)28-16-17(2)23(27)30-20-9-7-18(25)8-10-20/h4-10,15-16,21,28-29H,3,11-14H2,1-2H3,(H2,27,30)/b17-16-. The predicted octanol–water partition coefficient (Wildman–Crippen LogP) is 5.65. The van der Waals surface area contributed by atoms with E-state index in [0.717, 1.165) is 43.4 Å². The normalized spacial score (nSPS) is 22.6. The van der Waals surface area contributed by atoms with Gasteiger partial charge in [-0.2, -0.15) is 0 Å². The Kier molecular flexibility index (Phi) is 7.08. The Morgan fingerprint density at radius 2 is 1.83 bits per heavy atom. The number of nitrogens with one attached hydrogen (secondary N) is 2. The van der Waals surface area contributed by atoms with Gasteiger partial charge in [-0.3, -0.25) is 0 Å². The molecule has 1 fully saturated rings. The van der Waals surface area contributed by atoms with Crippen molar-refractivity contribution in [3.8, 4) is 0 Å². The maximum Gasteiger partial charge on any atom is 0.128 e. The number of hydrogen-bond donors (Lipinski definition) is 3. The number of nitrogens with zero attached hydrogens (tertiary/aromatic N) is 1. The van der Waals surface area contributed by atoms with Crippen LogP contribution in [0.25, 0.3) is 0 Å². The molecule has 2 aromatic carbocycles. The Balaban J connectivity index is 1.58. The second-order valence-corrected chi connectivity index (χ2v) is 8.01. The smallest absolute Gasteiger partial charge is 0.128 e. The zero-order valence-electron chi connectivity index (χ0n) is 17.6. The van der Waals surface area contributed by atoms with E-state index in [0.29, 0.717) is 17.6 Å². The fraction of sp³-hybridized carbons (Fsp3) is 0.375. The van der Waals surface area contributed by atoms with Gasteiger partial charge in [-0.25, -0.2) is 13.8 Å². The Hall–Kier alpha value is -2.89. The summed E-state index contributed by atoms with van der Waals surface area (Å²) in [7, 11) is 0. The van der Waals surface area contributed by atoms with E-state index in [1.807, 2.05) is 19.2 Å². The molecule has 160 valence electrons. The van der Waals surface area contributed by atoms with Crippen molar-refractivity contribution >= 4 is 17.2 Å². The lowest BCUT2D eigenvalue weighted by atomic mass is 9.77. The van der Waals surface area contributed by atoms with Gasteiger partial charge in [0.2, 0.25) is 0 Å². The van der Waals surface area contributed by atoms with E-state index in [2.05, 4.69) is 22.5 Å². The SMILES string of the molecule is CCC1(N/C=C(/C)C(N)=Nc2ccc(F)cc2)CCC(Nc2cccc(F)c2)CC1. The van der Waals surface area contributed by atoms with E-state index < -0.39 is 0 Å². The van der Waals surface area contributed by atoms with Crippen molar-refractivity contribution < 1.29 is 8.78 Å². The molecule has 0 aliphatic heterocycles. The molecule has 1 saturated carbocycles. The Bertz CT molecular complexity index is 898. The van der Waals surface area contributed by atoms with Gasteiger partial charge in [-0.1, -0.05) is 13.0 Å². The molecule has 30 heavy (non-hydrogen) atoms. The topological polar surface area (TPSA) is 62.4 Å². The van der Waals surface area contributed by atoms with Gasteiger partial charge in [0.1, 0.15) is 17.5 Å². The summed E-state index contributed by atoms with van der Waals surface area (Å²) in [5.74, 6) is -0.114. The van der Waals surface area contributed by atoms with Crippen molar-refractivity contribution in [2.45, 2.75) is 57.5 Å². The van der Waals surface area contributed by atoms with Gasteiger partial charge < -0.3 is 16.4 Å². The summed E-state index contributed by atoms with van der Waals surface area (Å²) in [6.07, 6.45) is 6.96. The molecule has 0 bridgehead atoms. The lowest BCUT2D eigenvalue weighted by Crippen LogP contribution is -2.47. The summed E-state index contributed by atoms with van der Waals surface area (Å²) in [6, 6.07) is 12.9. The van der Waals surface area contributed by atoms with E-state index in [1.165, 1.54) is 24.3 Å². The number of halogens is 2. The van der Waals surface area contributed by atoms with Crippen LogP contribution >= 0.6 is 0 Å². The molecule has 2 aromatic rings. The third-order valence-corrected chi connectivity index (χ3v) is 5.89. The van der Waals surface area contributed by atoms with E-state index in [-0.39, 0.29) is 17.2 Å². The maximum absolute atomic E-state index is 13.4. The molecule has 0 atom stereocenters. The first-order valence-corrected chi connectivity index (χ1v) is 10.5. The van der Waals surface area contributed by atoms with Crippen molar-refractivity contribution in [1.29, 1.82) is 0 Å². The van der Waals surface area contributed by atoms with Crippen molar-refractivity contribution in [1.82, 2.24) is 5.32 Å². The molecule has 6 heteroatoms. The Morgan fingerprint density at radius 3 is 2.47 bits per heavy atom. The molecule has 4 N–H and O–H groups in total. The monoisotopic (exact) mass is 412 g/mol. The lowest BCUT2D eigenvalue weighted by molar-refractivity contribution is 0.237. The molecule has 0 unspecified atom stereocenters. The van der Waals surface area contributed by atoms with E-state index >= 15 is 0 Å². The molecule has 0 aromatic heterocycles. The van der Waals surface area contributed by atoms with Crippen LogP contribution < -0.4 is 16.4 Å². The van der Waals surface area contributed by atoms with Gasteiger partial charge in [0.25, 0.3) is 0 Å². The summed E-state index contributed by atoms with van der Waals surface area (Å²) in [4.78, 5) is 4.36. The van der Waals surface area contributed by atoms with Crippen molar-refractivity contribution in [3.63, 3.8) is 0 Å². The first-order valence-electron chi connectivity index (χ1n) is 10.5. The summed E-state index contributed by atoms with van der Waals surface area (Å²) < 4.78 is 26.4. The highest BCUT2D eigenvalue weighted by molar-refractivity contribution is 5.97. The number of amidine groups is 1. The van der Waals surface area contributed by atoms with Gasteiger partial charge >= 0.3 is 0 Å². The molecule has 0 heterocycles. The third kappa shape index (κ3) is 5.81. The number of benzene rings is 2. The first-order chi connectivity index (χ1) is 14.4. The Morgan fingerprint density at radius 1 is 1.13 bits per heavy atom. The highest BCUT2D eigenvalue weighted by Gasteiger charge is 2.33. The van der Waals surface area contributed by atoms with Gasteiger partial charge in [-0.15, -0.1) is 0 Å². The fourth-order valence-electron chi connectivity index (χ4n) is 3.81. The van der Waals surface area contributed by atoms with Crippen LogP contribution in [0.15, 0.2) is 65.3 Å². The van der Waals surface area contributed by atoms with Crippen LogP contribution in [0.3, 0.4) is 0 Å². The van der Waals surface area contributed by atoms with Crippen LogP contribution in [0.5, 0.6) is 0 Å². The molecule has 3 rings (SSSR count). The van der Waals surface area contributed by atoms with Crippen LogP contribution in [0.1, 0.15) is 46.0 Å². The van der Waals surface area contributed by atoms with Gasteiger partial charge in [0.15, 0.2) is 0 Å². The fourth-order valence-corrected chi connectivity index (χ4v) is 3.81. The maximum atomic E-state index is 13.4. The minimum atomic E-state index is -0.297. The highest BCUT2D eigenvalue weighted by atomic mass is 19.1. The van der Waals surface area contributed by atoms with Crippen molar-refractivity contribution in [2.24, 2.45) is 10.7 Å². The summed E-state index contributed by atoms with van der Waals surface area (Å²) in [6.45, 7) is 4.10. The van der Waals surface area contributed by atoms with Crippen molar-refractivity contribution in [2.75, 3.05) is 5.32 Å². The third-order valence-electron chi connectivity index (χ3n) is 5.89. The molecular weight excluding hydrogens is 382 g/mol. The number of aliphatic imine (C=N–C) groups is 1. The largest absolute Gasteiger partial charge is 0.385 e. The predicted molar refractivity (Wildman–Crippen MR) is 120 cm³/mol. The van der Waals surface area contributed by atoms with Crippen LogP contribution in [-0.4, -0.2) is 17.4 Å². The summed E-state index contributed by atoms with van der Waals surface area (Å²) in [5, 5.41) is 7.03. The second kappa shape index (κ2) is 9.74. The van der Waals surface area contributed by atoms with Gasteiger partial charge in [-0.05, 0) is 81.5 Å². The quantitative estimate of drug-likeness (QED) is 0.407. The number of nitrogens with two attached hydrogens (primary N) is 1. The highest BCUT2D eigenvalue weighted by Crippen LogP contribution is 2.33. The summed E-state index contributed by atoms with van der Waals surface area (Å²) >= 11 is 0. The van der Waals surface area contributed by atoms with Gasteiger partial charge in [0.05, 0.1) is 5.69 Å². The molecule has 0 radical (unpaired) electrons. The minimum Gasteiger partial charge on any atom is -0.385 e. The minimum absolute atomic E-state index is 0.0114. The van der Waals surface area contributed by atoms with Crippen LogP contribution in [-0.2, 0) is 0 Å². The number of rotatable bonds is 7. The van der Waals surface area contributed by atoms with Crippen LogP contribution in [0.2, 0.25) is 0 Å². The molecule has 0 spiro atoms. The second-order valence-electron chi connectivity index (χ2n) is 8.01. The van der Waals surface area contributed by atoms with E-state index in [9.17, 15) is 8.78 Å². The zero-order chi connectivity index (χ0) is 21.6. The van der Waals surface area contributed by atoms with Crippen molar-refractivity contribution in [3.05, 3.63) is 71.9 Å². The first kappa shape index (κ1) is 21.8. The molecule has 0 saturated heterocycles. The zero-order valence-corrected chi connectivity index (χ0v) is 17.6. The van der Waals surface area contributed by atoms with E-state index in [4.69, 9.17) is 5.73 Å². The summed E-state index contributed by atoms with van der Waals surface area (Å²) in [5.41, 5.74) is 8.42. The number of anilines is 1. The molecule has 1 aliphatic rings. The van der Waals surface area contributed by atoms with Crippen LogP contribution in [0, 0.1) is 11.6 Å². The van der Waals surface area contributed by atoms with E-state index in [1.54, 1.807) is 18.2 Å². The van der Waals surface area contributed by atoms with Crippen LogP contribution in [0.4, 0.5) is 20.2 Å². The lowest BCUT2D eigenvalue weighted by Gasteiger charge is -2.40. The van der Waals surface area contributed by atoms with Gasteiger partial charge in [0, 0.05) is 29.0 Å². The average molecular weight is 413 g/mol. The average Bonchev–Trinajstić information content (AvgIpc) is 2.75. The molecule has 4 nitrogen and oxygen atoms in total. The molecular formula is C24H30F2N4.